The van der Waals surface area contributed by atoms with Crippen LogP contribution in [0.15, 0.2) is 0 Å². The zero-order chi connectivity index (χ0) is 60.8. The van der Waals surface area contributed by atoms with Crippen molar-refractivity contribution in [1.82, 2.24) is 0 Å². The smallest absolute Gasteiger partial charge is 0.462 e. The molecule has 0 aromatic heterocycles. The minimum atomic E-state index is -4.94. The minimum absolute atomic E-state index is 0.104. The maximum Gasteiger partial charge on any atom is 0.472 e. The highest BCUT2D eigenvalue weighted by molar-refractivity contribution is 7.47. The molecule has 0 saturated carbocycles. The van der Waals surface area contributed by atoms with Crippen molar-refractivity contribution in [2.75, 3.05) is 39.6 Å². The van der Waals surface area contributed by atoms with Crippen LogP contribution in [0, 0.1) is 11.8 Å². The number of unbranched alkanes of at least 4 members (excludes halogenated alkanes) is 30. The zero-order valence-electron chi connectivity index (χ0n) is 52.8. The molecule has 0 fully saturated rings. The van der Waals surface area contributed by atoms with Crippen LogP contribution in [0.3, 0.4) is 0 Å². The molecule has 0 spiro atoms. The highest BCUT2D eigenvalue weighted by atomic mass is 31.2. The number of aliphatic hydroxyl groups is 1. The third kappa shape index (κ3) is 54.7. The van der Waals surface area contributed by atoms with Crippen molar-refractivity contribution in [3.8, 4) is 0 Å². The molecule has 17 nitrogen and oxygen atoms in total. The van der Waals surface area contributed by atoms with Crippen molar-refractivity contribution < 1.29 is 80.2 Å². The number of carbonyl (C=O) groups is 4. The summed E-state index contributed by atoms with van der Waals surface area (Å²) in [5.74, 6) is -0.593. The van der Waals surface area contributed by atoms with Crippen LogP contribution in [0.1, 0.15) is 311 Å². The van der Waals surface area contributed by atoms with Gasteiger partial charge in [-0.15, -0.1) is 0 Å². The summed E-state index contributed by atoms with van der Waals surface area (Å²) in [6.07, 6.45) is 37.5. The summed E-state index contributed by atoms with van der Waals surface area (Å²) in [7, 11) is -9.88. The van der Waals surface area contributed by atoms with E-state index in [1.807, 2.05) is 0 Å². The van der Waals surface area contributed by atoms with Gasteiger partial charge in [0.1, 0.15) is 19.3 Å². The lowest BCUT2D eigenvalue weighted by Crippen LogP contribution is -2.30. The maximum atomic E-state index is 13.0. The van der Waals surface area contributed by atoms with Crippen molar-refractivity contribution in [3.05, 3.63) is 0 Å². The van der Waals surface area contributed by atoms with Crippen LogP contribution in [-0.4, -0.2) is 96.7 Å². The molecular weight excluding hydrogens is 1090 g/mol. The number of esters is 4. The highest BCUT2D eigenvalue weighted by Crippen LogP contribution is 2.45. The third-order valence-corrected chi connectivity index (χ3v) is 17.1. The van der Waals surface area contributed by atoms with Crippen LogP contribution in [0.25, 0.3) is 0 Å². The van der Waals surface area contributed by atoms with E-state index in [1.54, 1.807) is 0 Å². The molecule has 7 atom stereocenters. The Morgan fingerprint density at radius 1 is 0.341 bits per heavy atom. The number of rotatable bonds is 62. The Labute approximate surface area is 498 Å². The lowest BCUT2D eigenvalue weighted by Gasteiger charge is -2.21. The summed E-state index contributed by atoms with van der Waals surface area (Å²) < 4.78 is 67.9. The van der Waals surface area contributed by atoms with Gasteiger partial charge in [0.2, 0.25) is 0 Å². The van der Waals surface area contributed by atoms with E-state index in [1.165, 1.54) is 116 Å². The van der Waals surface area contributed by atoms with Crippen LogP contribution < -0.4 is 0 Å². The summed E-state index contributed by atoms with van der Waals surface area (Å²) in [6, 6.07) is 0. The Morgan fingerprint density at radius 3 is 0.866 bits per heavy atom. The average molecular weight is 1210 g/mol. The SMILES string of the molecule is CCCCCCCCCCCCCC(=O)O[C@H](COC(=O)CCCCCCCCC)COP(=O)(O)OC[C@H](O)COP(=O)(O)OC[C@@H](COC(=O)CCCCCCCCCCC(C)CC)OC(=O)CCCCCCCCCCC(C)CC. The molecule has 0 rings (SSSR count). The lowest BCUT2D eigenvalue weighted by molar-refractivity contribution is -0.161. The standard InChI is InChI=1S/C63H122O17P2/c1-7-11-13-15-17-18-19-20-29-35-41-47-62(67)79-58(51-73-60(65)45-39-33-25-16-14-12-8-2)53-77-81(69,70)75-49-57(64)50-76-82(71,72)78-54-59(80-63(68)48-42-36-30-24-22-27-32-38-44-56(6)10-4)52-74-61(66)46-40-34-28-23-21-26-31-37-43-55(5)9-3/h55-59,64H,7-54H2,1-6H3,(H,69,70)(H,71,72)/t55?,56?,57-,58+,59+/m0/s1. The molecule has 0 aliphatic carbocycles. The number of hydrogen-bond acceptors (Lipinski definition) is 15. The maximum absolute atomic E-state index is 13.0. The first-order valence-corrected chi connectivity index (χ1v) is 36.1. The third-order valence-electron chi connectivity index (χ3n) is 15.2. The fourth-order valence-corrected chi connectivity index (χ4v) is 10.9. The first-order chi connectivity index (χ1) is 39.4. The van der Waals surface area contributed by atoms with E-state index < -0.39 is 97.5 Å². The van der Waals surface area contributed by atoms with E-state index in [-0.39, 0.29) is 25.7 Å². The Morgan fingerprint density at radius 2 is 0.585 bits per heavy atom. The molecule has 3 N–H and O–H groups in total. The monoisotopic (exact) mass is 1210 g/mol. The van der Waals surface area contributed by atoms with Gasteiger partial charge in [-0.05, 0) is 37.5 Å². The molecule has 4 unspecified atom stereocenters. The molecule has 0 saturated heterocycles. The van der Waals surface area contributed by atoms with Gasteiger partial charge in [-0.2, -0.15) is 0 Å². The summed E-state index contributed by atoms with van der Waals surface area (Å²) in [5.41, 5.74) is 0. The first-order valence-electron chi connectivity index (χ1n) is 33.1. The molecule has 0 aliphatic heterocycles. The van der Waals surface area contributed by atoms with E-state index in [9.17, 15) is 43.2 Å². The normalized spacial score (nSPS) is 15.0. The van der Waals surface area contributed by atoms with Gasteiger partial charge < -0.3 is 33.8 Å². The van der Waals surface area contributed by atoms with Crippen molar-refractivity contribution in [2.24, 2.45) is 11.8 Å². The van der Waals surface area contributed by atoms with E-state index in [2.05, 4.69) is 41.5 Å². The van der Waals surface area contributed by atoms with Gasteiger partial charge in [0.25, 0.3) is 0 Å². The molecule has 0 bridgehead atoms. The summed E-state index contributed by atoms with van der Waals surface area (Å²) in [5, 5.41) is 10.5. The van der Waals surface area contributed by atoms with Gasteiger partial charge in [-0.1, -0.05) is 260 Å². The topological polar surface area (TPSA) is 237 Å². The molecule has 19 heteroatoms. The van der Waals surface area contributed by atoms with E-state index in [0.717, 1.165) is 115 Å². The fourth-order valence-electron chi connectivity index (χ4n) is 9.29. The van der Waals surface area contributed by atoms with Crippen LogP contribution >= 0.6 is 15.6 Å². The molecule has 0 aromatic rings. The molecule has 82 heavy (non-hydrogen) atoms. The van der Waals surface area contributed by atoms with Gasteiger partial charge in [0.15, 0.2) is 12.2 Å². The minimum Gasteiger partial charge on any atom is -0.462 e. The molecule has 486 valence electrons. The quantitative estimate of drug-likeness (QED) is 0.0222. The summed E-state index contributed by atoms with van der Waals surface area (Å²) >= 11 is 0. The van der Waals surface area contributed by atoms with Crippen molar-refractivity contribution >= 4 is 39.5 Å². The predicted octanol–water partition coefficient (Wildman–Crippen LogP) is 17.3. The molecule has 0 aromatic carbocycles. The fraction of sp³-hybridized carbons (Fsp3) is 0.937. The van der Waals surface area contributed by atoms with Crippen LogP contribution in [0.5, 0.6) is 0 Å². The molecule has 0 aliphatic rings. The first kappa shape index (κ1) is 80.1. The van der Waals surface area contributed by atoms with Crippen LogP contribution in [0.4, 0.5) is 0 Å². The van der Waals surface area contributed by atoms with Gasteiger partial charge in [-0.3, -0.25) is 37.3 Å². The molecular formula is C63H122O17P2. The zero-order valence-corrected chi connectivity index (χ0v) is 54.6. The van der Waals surface area contributed by atoms with Crippen molar-refractivity contribution in [1.29, 1.82) is 0 Å². The van der Waals surface area contributed by atoms with E-state index >= 15 is 0 Å². The van der Waals surface area contributed by atoms with E-state index in [0.29, 0.717) is 25.7 Å². The van der Waals surface area contributed by atoms with Crippen LogP contribution in [-0.2, 0) is 65.4 Å². The Balaban J connectivity index is 5.23. The number of carbonyl (C=O) groups excluding carboxylic acids is 4. The van der Waals surface area contributed by atoms with Gasteiger partial charge in [0.05, 0.1) is 26.4 Å². The Kier molecular flexibility index (Phi) is 54.3. The Hall–Kier alpha value is -1.94. The second-order valence-corrected chi connectivity index (χ2v) is 26.2. The molecule has 0 amide bonds. The summed E-state index contributed by atoms with van der Waals surface area (Å²) in [4.78, 5) is 72.1. The van der Waals surface area contributed by atoms with Gasteiger partial charge >= 0.3 is 39.5 Å². The van der Waals surface area contributed by atoms with Gasteiger partial charge in [-0.25, -0.2) is 9.13 Å². The average Bonchev–Trinajstić information content (AvgIpc) is 3.46. The number of ether oxygens (including phenoxy) is 4. The van der Waals surface area contributed by atoms with Crippen molar-refractivity contribution in [3.63, 3.8) is 0 Å². The number of hydrogen-bond donors (Lipinski definition) is 3. The summed E-state index contributed by atoms with van der Waals surface area (Å²) in [6.45, 7) is 9.44. The number of aliphatic hydroxyl groups excluding tert-OH is 1. The van der Waals surface area contributed by atoms with Crippen LogP contribution in [0.2, 0.25) is 0 Å². The van der Waals surface area contributed by atoms with Gasteiger partial charge in [0, 0.05) is 25.7 Å². The second kappa shape index (κ2) is 55.6. The number of phosphoric ester groups is 2. The molecule has 0 radical (unpaired) electrons. The molecule has 0 heterocycles. The lowest BCUT2D eigenvalue weighted by atomic mass is 9.99. The predicted molar refractivity (Wildman–Crippen MR) is 326 cm³/mol. The Bertz CT molecular complexity index is 1620. The van der Waals surface area contributed by atoms with Crippen molar-refractivity contribution in [2.45, 2.75) is 330 Å². The number of phosphoric acid groups is 2. The van der Waals surface area contributed by atoms with E-state index in [4.69, 9.17) is 37.0 Å². The largest absolute Gasteiger partial charge is 0.472 e. The highest BCUT2D eigenvalue weighted by Gasteiger charge is 2.30. The second-order valence-electron chi connectivity index (χ2n) is 23.3.